The summed E-state index contributed by atoms with van der Waals surface area (Å²) in [4.78, 5) is 5.89. The summed E-state index contributed by atoms with van der Waals surface area (Å²) in [5.41, 5.74) is 2.09. The van der Waals surface area contributed by atoms with Crippen LogP contribution in [0.1, 0.15) is 32.1 Å². The molecule has 1 aliphatic carbocycles. The Kier molecular flexibility index (Phi) is 7.48. The predicted octanol–water partition coefficient (Wildman–Crippen LogP) is 5.19. The van der Waals surface area contributed by atoms with Crippen LogP contribution in [0.5, 0.6) is 0 Å². The van der Waals surface area contributed by atoms with Crippen molar-refractivity contribution in [3.8, 4) is 11.3 Å². The zero-order valence-corrected chi connectivity index (χ0v) is 21.2. The van der Waals surface area contributed by atoms with Gasteiger partial charge in [0.2, 0.25) is 10.0 Å². The van der Waals surface area contributed by atoms with Crippen LogP contribution in [0.4, 0.5) is 10.1 Å². The van der Waals surface area contributed by atoms with Crippen LogP contribution in [-0.4, -0.2) is 43.6 Å². The lowest BCUT2D eigenvalue weighted by atomic mass is 9.89. The Balaban J connectivity index is 1.48. The number of hydrogen-bond acceptors (Lipinski definition) is 5. The summed E-state index contributed by atoms with van der Waals surface area (Å²) >= 11 is 1.48. The standard InChI is InChI=1S/C26H30FN3O3S2/c27-24-9-5-4-8-23(24)25-19-34-26(30(25)18-20-6-2-1-3-7-20)28-21-10-12-22(13-11-21)35(31,32)29-14-16-33-17-15-29/h4-5,8-13,19-20H,1-3,6-7,14-18H2. The van der Waals surface area contributed by atoms with Crippen LogP contribution >= 0.6 is 11.3 Å². The first-order valence-electron chi connectivity index (χ1n) is 12.2. The van der Waals surface area contributed by atoms with Gasteiger partial charge in [-0.15, -0.1) is 11.3 Å². The maximum Gasteiger partial charge on any atom is 0.243 e. The van der Waals surface area contributed by atoms with Gasteiger partial charge < -0.3 is 9.30 Å². The van der Waals surface area contributed by atoms with Gasteiger partial charge in [0.25, 0.3) is 0 Å². The highest BCUT2D eigenvalue weighted by Crippen LogP contribution is 2.29. The summed E-state index contributed by atoms with van der Waals surface area (Å²) in [7, 11) is -3.55. The number of hydrogen-bond donors (Lipinski definition) is 0. The second kappa shape index (κ2) is 10.7. The van der Waals surface area contributed by atoms with E-state index in [2.05, 4.69) is 4.57 Å². The minimum absolute atomic E-state index is 0.244. The largest absolute Gasteiger partial charge is 0.379 e. The third-order valence-corrected chi connectivity index (χ3v) is 9.56. The zero-order chi connectivity index (χ0) is 24.3. The second-order valence-corrected chi connectivity index (χ2v) is 11.9. The van der Waals surface area contributed by atoms with Gasteiger partial charge in [-0.25, -0.2) is 17.8 Å². The molecule has 3 aromatic rings. The SMILES string of the molecule is O=S(=O)(c1ccc(N=c2scc(-c3ccccc3F)n2CC2CCCCC2)cc1)N1CCOCC1. The Morgan fingerprint density at radius 1 is 1.00 bits per heavy atom. The third-order valence-electron chi connectivity index (χ3n) is 6.78. The molecule has 1 saturated heterocycles. The Morgan fingerprint density at radius 2 is 1.71 bits per heavy atom. The van der Waals surface area contributed by atoms with Gasteiger partial charge >= 0.3 is 0 Å². The van der Waals surface area contributed by atoms with Crippen molar-refractivity contribution in [1.82, 2.24) is 8.87 Å². The quantitative estimate of drug-likeness (QED) is 0.454. The van der Waals surface area contributed by atoms with Crippen molar-refractivity contribution in [1.29, 1.82) is 0 Å². The predicted molar refractivity (Wildman–Crippen MR) is 136 cm³/mol. The Hall–Kier alpha value is -2.33. The zero-order valence-electron chi connectivity index (χ0n) is 19.6. The lowest BCUT2D eigenvalue weighted by molar-refractivity contribution is 0.0730. The van der Waals surface area contributed by atoms with Gasteiger partial charge in [0.15, 0.2) is 4.80 Å². The van der Waals surface area contributed by atoms with Gasteiger partial charge in [0.1, 0.15) is 5.82 Å². The number of halogens is 1. The molecule has 0 atom stereocenters. The first-order chi connectivity index (χ1) is 17.0. The first-order valence-corrected chi connectivity index (χ1v) is 14.5. The van der Waals surface area contributed by atoms with E-state index in [-0.39, 0.29) is 10.7 Å². The van der Waals surface area contributed by atoms with Gasteiger partial charge in [-0.3, -0.25) is 0 Å². The third kappa shape index (κ3) is 5.43. The lowest BCUT2D eigenvalue weighted by Crippen LogP contribution is -2.40. The van der Waals surface area contributed by atoms with E-state index in [0.29, 0.717) is 43.5 Å². The van der Waals surface area contributed by atoms with Gasteiger partial charge in [0.05, 0.1) is 29.5 Å². The molecule has 9 heteroatoms. The van der Waals surface area contributed by atoms with Crippen LogP contribution in [0.15, 0.2) is 63.8 Å². The van der Waals surface area contributed by atoms with E-state index in [0.717, 1.165) is 17.0 Å². The normalized spacial score (nSPS) is 18.7. The molecule has 1 saturated carbocycles. The van der Waals surface area contributed by atoms with Crippen LogP contribution in [0.3, 0.4) is 0 Å². The smallest absolute Gasteiger partial charge is 0.243 e. The molecule has 0 bridgehead atoms. The van der Waals surface area contributed by atoms with Crippen molar-refractivity contribution < 1.29 is 17.5 Å². The number of thiazole rings is 1. The monoisotopic (exact) mass is 515 g/mol. The highest BCUT2D eigenvalue weighted by Gasteiger charge is 2.26. The molecule has 0 amide bonds. The summed E-state index contributed by atoms with van der Waals surface area (Å²) in [6, 6.07) is 13.6. The molecule has 1 aliphatic heterocycles. The summed E-state index contributed by atoms with van der Waals surface area (Å²) in [5.74, 6) is 0.302. The van der Waals surface area contributed by atoms with Gasteiger partial charge in [-0.2, -0.15) is 4.31 Å². The van der Waals surface area contributed by atoms with Crippen molar-refractivity contribution in [2.45, 2.75) is 43.5 Å². The summed E-state index contributed by atoms with van der Waals surface area (Å²) in [6.07, 6.45) is 6.09. The molecule has 6 nitrogen and oxygen atoms in total. The molecule has 2 heterocycles. The van der Waals surface area contributed by atoms with Crippen molar-refractivity contribution >= 4 is 27.0 Å². The topological polar surface area (TPSA) is 63.9 Å². The number of rotatable bonds is 6. The highest BCUT2D eigenvalue weighted by atomic mass is 32.2. The minimum Gasteiger partial charge on any atom is -0.379 e. The van der Waals surface area contributed by atoms with Crippen LogP contribution < -0.4 is 4.80 Å². The van der Waals surface area contributed by atoms with E-state index in [1.165, 1.54) is 53.8 Å². The molecule has 2 aromatic carbocycles. The average molecular weight is 516 g/mol. The van der Waals surface area contributed by atoms with Crippen molar-refractivity contribution in [3.05, 3.63) is 64.5 Å². The molecule has 0 radical (unpaired) electrons. The van der Waals surface area contributed by atoms with E-state index in [1.807, 2.05) is 17.5 Å². The molecule has 0 N–H and O–H groups in total. The number of sulfonamides is 1. The second-order valence-electron chi connectivity index (χ2n) is 9.12. The van der Waals surface area contributed by atoms with Crippen molar-refractivity contribution in [2.75, 3.05) is 26.3 Å². The molecule has 186 valence electrons. The molecule has 2 fully saturated rings. The summed E-state index contributed by atoms with van der Waals surface area (Å²) < 4.78 is 49.4. The Labute approximate surface area is 209 Å². The van der Waals surface area contributed by atoms with Crippen LogP contribution in [-0.2, 0) is 21.3 Å². The van der Waals surface area contributed by atoms with Crippen LogP contribution in [0.2, 0.25) is 0 Å². The van der Waals surface area contributed by atoms with Crippen molar-refractivity contribution in [2.24, 2.45) is 10.9 Å². The molecule has 35 heavy (non-hydrogen) atoms. The fraction of sp³-hybridized carbons (Fsp3) is 0.423. The fourth-order valence-electron chi connectivity index (χ4n) is 4.85. The summed E-state index contributed by atoms with van der Waals surface area (Å²) in [5, 5.41) is 1.97. The van der Waals surface area contributed by atoms with E-state index in [1.54, 1.807) is 30.3 Å². The number of nitrogens with zero attached hydrogens (tertiary/aromatic N) is 3. The average Bonchev–Trinajstić information content (AvgIpc) is 3.27. The molecular weight excluding hydrogens is 485 g/mol. The first kappa shape index (κ1) is 24.4. The molecule has 2 aliphatic rings. The van der Waals surface area contributed by atoms with E-state index >= 15 is 0 Å². The van der Waals surface area contributed by atoms with Crippen LogP contribution in [0, 0.1) is 11.7 Å². The Morgan fingerprint density at radius 3 is 2.43 bits per heavy atom. The molecule has 1 aromatic heterocycles. The number of benzene rings is 2. The fourth-order valence-corrected chi connectivity index (χ4v) is 7.18. The molecular formula is C26H30FN3O3S2. The maximum atomic E-state index is 14.7. The summed E-state index contributed by atoms with van der Waals surface area (Å²) in [6.45, 7) is 2.36. The van der Waals surface area contributed by atoms with E-state index < -0.39 is 10.0 Å². The molecule has 5 rings (SSSR count). The van der Waals surface area contributed by atoms with Crippen molar-refractivity contribution in [3.63, 3.8) is 0 Å². The van der Waals surface area contributed by atoms with Gasteiger partial charge in [-0.1, -0.05) is 31.4 Å². The lowest BCUT2D eigenvalue weighted by Gasteiger charge is -2.26. The Bertz CT molecular complexity index is 1320. The molecule has 0 unspecified atom stereocenters. The van der Waals surface area contributed by atoms with Gasteiger partial charge in [-0.05, 0) is 55.2 Å². The van der Waals surface area contributed by atoms with Crippen LogP contribution in [0.25, 0.3) is 11.3 Å². The molecule has 0 spiro atoms. The maximum absolute atomic E-state index is 14.7. The minimum atomic E-state index is -3.55. The van der Waals surface area contributed by atoms with E-state index in [9.17, 15) is 12.8 Å². The number of aromatic nitrogens is 1. The highest BCUT2D eigenvalue weighted by molar-refractivity contribution is 7.89. The number of morpholine rings is 1. The van der Waals surface area contributed by atoms with E-state index in [4.69, 9.17) is 9.73 Å². The number of ether oxygens (including phenoxy) is 1. The van der Waals surface area contributed by atoms with Gasteiger partial charge in [0, 0.05) is 30.6 Å².